The maximum atomic E-state index is 13.9. The van der Waals surface area contributed by atoms with Crippen LogP contribution in [0.3, 0.4) is 0 Å². The predicted molar refractivity (Wildman–Crippen MR) is 120 cm³/mol. The molecule has 2 heterocycles. The van der Waals surface area contributed by atoms with Crippen LogP contribution in [0.25, 0.3) is 0 Å². The lowest BCUT2D eigenvalue weighted by Crippen LogP contribution is -2.40. The van der Waals surface area contributed by atoms with Gasteiger partial charge in [-0.1, -0.05) is 36.8 Å². The number of aromatic nitrogens is 2. The second-order valence-corrected chi connectivity index (χ2v) is 8.74. The van der Waals surface area contributed by atoms with Crippen LogP contribution in [0.2, 0.25) is 0 Å². The molecule has 1 aromatic carbocycles. The quantitative estimate of drug-likeness (QED) is 0.527. The molecule has 1 aliphatic heterocycles. The van der Waals surface area contributed by atoms with E-state index in [9.17, 15) is 22.8 Å². The van der Waals surface area contributed by atoms with Crippen molar-refractivity contribution in [2.24, 2.45) is 0 Å². The lowest BCUT2D eigenvalue weighted by Gasteiger charge is -2.19. The summed E-state index contributed by atoms with van der Waals surface area (Å²) in [5.74, 6) is 0. The molecule has 4 rings (SSSR count). The van der Waals surface area contributed by atoms with Gasteiger partial charge >= 0.3 is 17.3 Å². The zero-order valence-corrected chi connectivity index (χ0v) is 18.5. The zero-order chi connectivity index (χ0) is 23.8. The minimum atomic E-state index is -4.58. The molecule has 0 spiro atoms. The molecular formula is C24H27F3N4O2. The number of rotatable bonds is 5. The van der Waals surface area contributed by atoms with E-state index in [1.165, 1.54) is 0 Å². The molecule has 0 amide bonds. The maximum Gasteiger partial charge on any atom is 0.413 e. The highest BCUT2D eigenvalue weighted by molar-refractivity contribution is 5.99. The molecule has 176 valence electrons. The molecule has 0 radical (unpaired) electrons. The van der Waals surface area contributed by atoms with Crippen LogP contribution in [0.4, 0.5) is 13.2 Å². The second kappa shape index (κ2) is 9.13. The highest BCUT2D eigenvalue weighted by Gasteiger charge is 2.39. The molecular weight excluding hydrogens is 433 g/mol. The number of halogens is 3. The molecule has 6 nitrogen and oxygen atoms in total. The average Bonchev–Trinajstić information content (AvgIpc) is 3.22. The van der Waals surface area contributed by atoms with Gasteiger partial charge in [-0.15, -0.1) is 0 Å². The first kappa shape index (κ1) is 23.2. The van der Waals surface area contributed by atoms with Gasteiger partial charge in [0.25, 0.3) is 0 Å². The number of fused-ring (bicyclic) bond motifs is 1. The molecule has 2 aliphatic rings. The number of nitrogens with zero attached hydrogens (tertiary/aromatic N) is 2. The monoisotopic (exact) mass is 460 g/mol. The van der Waals surface area contributed by atoms with Gasteiger partial charge in [0.1, 0.15) is 0 Å². The van der Waals surface area contributed by atoms with E-state index < -0.39 is 29.3 Å². The van der Waals surface area contributed by atoms with Gasteiger partial charge in [-0.2, -0.15) is 13.2 Å². The van der Waals surface area contributed by atoms with E-state index in [4.69, 9.17) is 5.41 Å². The SMILES string of the molecule is CCC1=C(C(F)(F)F)Cc2c([nH]c(=O)c(=O)n2Cc2cccc(CN3CCCC3)c2)C(=N)C1. The topological polar surface area (TPSA) is 82.0 Å². The van der Waals surface area contributed by atoms with Crippen LogP contribution in [0.15, 0.2) is 45.0 Å². The molecule has 0 atom stereocenters. The van der Waals surface area contributed by atoms with Crippen LogP contribution < -0.4 is 11.1 Å². The van der Waals surface area contributed by atoms with Crippen molar-refractivity contribution in [3.63, 3.8) is 0 Å². The molecule has 33 heavy (non-hydrogen) atoms. The molecule has 0 unspecified atom stereocenters. The summed E-state index contributed by atoms with van der Waals surface area (Å²) in [6.45, 7) is 4.41. The van der Waals surface area contributed by atoms with Gasteiger partial charge in [0.15, 0.2) is 0 Å². The fraction of sp³-hybridized carbons (Fsp3) is 0.458. The number of allylic oxidation sites excluding steroid dienone is 2. The summed E-state index contributed by atoms with van der Waals surface area (Å²) in [7, 11) is 0. The number of nitrogens with one attached hydrogen (secondary N) is 2. The number of hydrogen-bond acceptors (Lipinski definition) is 4. The fourth-order valence-electron chi connectivity index (χ4n) is 4.77. The number of H-pyrrole nitrogens is 1. The van der Waals surface area contributed by atoms with Crippen molar-refractivity contribution >= 4 is 5.71 Å². The normalized spacial score (nSPS) is 17.4. The molecule has 9 heteroatoms. The molecule has 0 bridgehead atoms. The van der Waals surface area contributed by atoms with Crippen LogP contribution in [0.5, 0.6) is 0 Å². The number of aromatic amines is 1. The first-order chi connectivity index (χ1) is 15.7. The molecule has 0 saturated carbocycles. The molecule has 2 aromatic rings. The van der Waals surface area contributed by atoms with E-state index in [1.54, 1.807) is 13.0 Å². The Labute approximate surface area is 189 Å². The van der Waals surface area contributed by atoms with Gasteiger partial charge in [0.05, 0.1) is 23.6 Å². The molecule has 2 N–H and O–H groups in total. The number of likely N-dealkylation sites (tertiary alicyclic amines) is 1. The second-order valence-electron chi connectivity index (χ2n) is 8.74. The summed E-state index contributed by atoms with van der Waals surface area (Å²) in [6.07, 6.45) is -2.89. The summed E-state index contributed by atoms with van der Waals surface area (Å²) < 4.78 is 42.7. The average molecular weight is 461 g/mol. The lowest BCUT2D eigenvalue weighted by atomic mass is 10.00. The third-order valence-electron chi connectivity index (χ3n) is 6.46. The lowest BCUT2D eigenvalue weighted by molar-refractivity contribution is -0.0943. The Morgan fingerprint density at radius 2 is 1.73 bits per heavy atom. The third kappa shape index (κ3) is 4.88. The van der Waals surface area contributed by atoms with E-state index in [1.807, 2.05) is 18.2 Å². The minimum absolute atomic E-state index is 0.0121. The molecule has 1 saturated heterocycles. The summed E-state index contributed by atoms with van der Waals surface area (Å²) in [4.78, 5) is 29.8. The Hall–Kier alpha value is -2.94. The van der Waals surface area contributed by atoms with Crippen LogP contribution in [0.1, 0.15) is 55.1 Å². The van der Waals surface area contributed by atoms with Crippen molar-refractivity contribution in [1.82, 2.24) is 14.5 Å². The van der Waals surface area contributed by atoms with Crippen LogP contribution in [-0.4, -0.2) is 39.4 Å². The summed E-state index contributed by atoms with van der Waals surface area (Å²) in [5, 5.41) is 8.35. The van der Waals surface area contributed by atoms with Crippen molar-refractivity contribution in [3.8, 4) is 0 Å². The van der Waals surface area contributed by atoms with Crippen LogP contribution in [0, 0.1) is 5.41 Å². The summed E-state index contributed by atoms with van der Waals surface area (Å²) in [5.41, 5.74) is -0.764. The summed E-state index contributed by atoms with van der Waals surface area (Å²) >= 11 is 0. The van der Waals surface area contributed by atoms with Gasteiger partial charge in [0.2, 0.25) is 0 Å². The Bertz CT molecular complexity index is 1220. The van der Waals surface area contributed by atoms with E-state index in [0.717, 1.165) is 48.2 Å². The maximum absolute atomic E-state index is 13.9. The predicted octanol–water partition coefficient (Wildman–Crippen LogP) is 3.76. The van der Waals surface area contributed by atoms with E-state index in [-0.39, 0.29) is 42.1 Å². The zero-order valence-electron chi connectivity index (χ0n) is 18.5. The number of hydrogen-bond donors (Lipinski definition) is 2. The van der Waals surface area contributed by atoms with Gasteiger partial charge in [-0.05, 0) is 43.5 Å². The van der Waals surface area contributed by atoms with E-state index >= 15 is 0 Å². The van der Waals surface area contributed by atoms with Crippen molar-refractivity contribution in [3.05, 3.63) is 78.6 Å². The van der Waals surface area contributed by atoms with Gasteiger partial charge in [0, 0.05) is 25.0 Å². The van der Waals surface area contributed by atoms with Crippen molar-refractivity contribution in [1.29, 1.82) is 5.41 Å². The van der Waals surface area contributed by atoms with E-state index in [2.05, 4.69) is 9.88 Å². The minimum Gasteiger partial charge on any atom is -0.315 e. The molecule has 1 aromatic heterocycles. The first-order valence-electron chi connectivity index (χ1n) is 11.2. The van der Waals surface area contributed by atoms with Crippen LogP contribution >= 0.6 is 0 Å². The standard InChI is InChI=1S/C24H27F3N4O2/c1-2-17-11-19(28)21-20(12-18(17)24(25,26)27)31(23(33)22(32)29-21)14-16-7-5-6-15(10-16)13-30-8-3-4-9-30/h5-7,10,28H,2-4,8-9,11-14H2,1H3,(H,29,32). The molecule has 1 aliphatic carbocycles. The van der Waals surface area contributed by atoms with Crippen molar-refractivity contribution in [2.75, 3.05) is 13.1 Å². The smallest absolute Gasteiger partial charge is 0.315 e. The Kier molecular flexibility index (Phi) is 6.43. The first-order valence-corrected chi connectivity index (χ1v) is 11.2. The number of benzene rings is 1. The van der Waals surface area contributed by atoms with Gasteiger partial charge in [-0.3, -0.25) is 14.5 Å². The Morgan fingerprint density at radius 3 is 2.36 bits per heavy atom. The van der Waals surface area contributed by atoms with Gasteiger partial charge in [-0.25, -0.2) is 0 Å². The number of alkyl halides is 3. The van der Waals surface area contributed by atoms with E-state index in [0.29, 0.717) is 0 Å². The van der Waals surface area contributed by atoms with Gasteiger partial charge < -0.3 is 15.0 Å². The summed E-state index contributed by atoms with van der Waals surface area (Å²) in [6, 6.07) is 7.57. The fourth-order valence-corrected chi connectivity index (χ4v) is 4.77. The highest BCUT2D eigenvalue weighted by atomic mass is 19.4. The molecule has 1 fully saturated rings. The Morgan fingerprint density at radius 1 is 1.06 bits per heavy atom. The third-order valence-corrected chi connectivity index (χ3v) is 6.46. The van der Waals surface area contributed by atoms with Crippen LogP contribution in [-0.2, 0) is 19.5 Å². The van der Waals surface area contributed by atoms with Crippen molar-refractivity contribution in [2.45, 2.75) is 58.3 Å². The largest absolute Gasteiger partial charge is 0.413 e. The highest BCUT2D eigenvalue weighted by Crippen LogP contribution is 2.36. The Balaban J connectivity index is 1.77. The van der Waals surface area contributed by atoms with Crippen molar-refractivity contribution < 1.29 is 13.2 Å².